The maximum absolute atomic E-state index is 5.94. The normalized spacial score (nSPS) is 19.8. The van der Waals surface area contributed by atoms with Gasteiger partial charge in [-0.2, -0.15) is 11.8 Å². The van der Waals surface area contributed by atoms with Crippen LogP contribution < -0.4 is 5.32 Å². The van der Waals surface area contributed by atoms with Crippen molar-refractivity contribution in [2.75, 3.05) is 37.0 Å². The largest absolute Gasteiger partial charge is 0.384 e. The number of thioether (sulfide) groups is 1. The predicted octanol–water partition coefficient (Wildman–Crippen LogP) is 3.19. The highest BCUT2D eigenvalue weighted by Crippen LogP contribution is 2.21. The zero-order valence-electron chi connectivity index (χ0n) is 10.2. The summed E-state index contributed by atoms with van der Waals surface area (Å²) in [5.41, 5.74) is 1.10. The summed E-state index contributed by atoms with van der Waals surface area (Å²) in [6.45, 7) is 2.05. The van der Waals surface area contributed by atoms with Gasteiger partial charge in [0, 0.05) is 35.6 Å². The van der Waals surface area contributed by atoms with Gasteiger partial charge in [0.05, 0.1) is 0 Å². The van der Waals surface area contributed by atoms with E-state index in [-0.39, 0.29) is 0 Å². The van der Waals surface area contributed by atoms with E-state index in [1.54, 1.807) is 0 Å². The Hall–Kier alpha value is -0.380. The predicted molar refractivity (Wildman–Crippen MR) is 78.3 cm³/mol. The van der Waals surface area contributed by atoms with Crippen molar-refractivity contribution in [3.63, 3.8) is 0 Å². The Morgan fingerprint density at radius 2 is 2.41 bits per heavy atom. The summed E-state index contributed by atoms with van der Waals surface area (Å²) >= 11 is 8.00. The Morgan fingerprint density at radius 3 is 3.12 bits per heavy atom. The molecule has 1 saturated heterocycles. The van der Waals surface area contributed by atoms with Gasteiger partial charge in [-0.25, -0.2) is 0 Å². The summed E-state index contributed by atoms with van der Waals surface area (Å²) in [4.78, 5) is 2.46. The van der Waals surface area contributed by atoms with Crippen LogP contribution in [-0.4, -0.2) is 42.6 Å². The molecular formula is C13H19ClN2S. The lowest BCUT2D eigenvalue weighted by atomic mass is 10.2. The molecule has 0 aliphatic carbocycles. The van der Waals surface area contributed by atoms with E-state index >= 15 is 0 Å². The highest BCUT2D eigenvalue weighted by atomic mass is 35.5. The monoisotopic (exact) mass is 270 g/mol. The second-order valence-electron chi connectivity index (χ2n) is 4.44. The minimum Gasteiger partial charge on any atom is -0.384 e. The first-order chi connectivity index (χ1) is 8.25. The molecule has 2 nitrogen and oxygen atoms in total. The molecule has 1 aliphatic rings. The first-order valence-electron chi connectivity index (χ1n) is 6.03. The number of nitrogens with zero attached hydrogens (tertiary/aromatic N) is 1. The van der Waals surface area contributed by atoms with Gasteiger partial charge in [-0.05, 0) is 37.4 Å². The third-order valence-corrected chi connectivity index (χ3v) is 4.53. The number of likely N-dealkylation sites (N-methyl/N-ethyl adjacent to an activating group) is 1. The fourth-order valence-electron chi connectivity index (χ4n) is 2.03. The third-order valence-electron chi connectivity index (χ3n) is 3.15. The fraction of sp³-hybridized carbons (Fsp3) is 0.538. The molecule has 0 saturated carbocycles. The molecule has 0 amide bonds. The van der Waals surface area contributed by atoms with Crippen molar-refractivity contribution < 1.29 is 0 Å². The van der Waals surface area contributed by atoms with Crippen LogP contribution in [-0.2, 0) is 0 Å². The summed E-state index contributed by atoms with van der Waals surface area (Å²) in [6, 6.07) is 8.65. The molecular weight excluding hydrogens is 252 g/mol. The van der Waals surface area contributed by atoms with Crippen LogP contribution in [0.1, 0.15) is 6.42 Å². The lowest BCUT2D eigenvalue weighted by Gasteiger charge is -2.23. The molecule has 0 aromatic heterocycles. The highest BCUT2D eigenvalue weighted by molar-refractivity contribution is 7.99. The number of halogens is 1. The van der Waals surface area contributed by atoms with Gasteiger partial charge >= 0.3 is 0 Å². The molecule has 1 unspecified atom stereocenters. The Balaban J connectivity index is 1.71. The highest BCUT2D eigenvalue weighted by Gasteiger charge is 2.19. The molecule has 1 aromatic rings. The van der Waals surface area contributed by atoms with Crippen LogP contribution in [0, 0.1) is 0 Å². The van der Waals surface area contributed by atoms with Crippen LogP contribution in [0.15, 0.2) is 24.3 Å². The molecule has 2 rings (SSSR count). The second kappa shape index (κ2) is 6.53. The van der Waals surface area contributed by atoms with Crippen LogP contribution in [0.25, 0.3) is 0 Å². The van der Waals surface area contributed by atoms with Gasteiger partial charge in [0.25, 0.3) is 0 Å². The Kier molecular flexibility index (Phi) is 5.01. The number of nitrogens with one attached hydrogen (secondary N) is 1. The lowest BCUT2D eigenvalue weighted by molar-refractivity contribution is 0.272. The quantitative estimate of drug-likeness (QED) is 0.885. The van der Waals surface area contributed by atoms with Crippen LogP contribution in [0.2, 0.25) is 5.02 Å². The first kappa shape index (κ1) is 13.1. The molecule has 17 heavy (non-hydrogen) atoms. The van der Waals surface area contributed by atoms with Gasteiger partial charge in [-0.1, -0.05) is 17.7 Å². The van der Waals surface area contributed by atoms with Crippen LogP contribution in [0.5, 0.6) is 0 Å². The standard InChI is InChI=1S/C13H19ClN2S/c1-16(13-5-8-17-10-13)7-6-15-12-4-2-3-11(14)9-12/h2-4,9,13,15H,5-8,10H2,1H3. The number of benzene rings is 1. The zero-order chi connectivity index (χ0) is 12.1. The van der Waals surface area contributed by atoms with E-state index in [2.05, 4.69) is 35.1 Å². The molecule has 94 valence electrons. The number of hydrogen-bond donors (Lipinski definition) is 1. The van der Waals surface area contributed by atoms with Gasteiger partial charge in [0.15, 0.2) is 0 Å². The molecule has 1 heterocycles. The Labute approximate surface area is 113 Å². The minimum absolute atomic E-state index is 0.765. The van der Waals surface area contributed by atoms with E-state index in [1.165, 1.54) is 17.9 Å². The molecule has 0 spiro atoms. The summed E-state index contributed by atoms with van der Waals surface area (Å²) in [5, 5.41) is 4.19. The van der Waals surface area contributed by atoms with E-state index in [0.29, 0.717) is 0 Å². The van der Waals surface area contributed by atoms with Crippen molar-refractivity contribution in [3.8, 4) is 0 Å². The number of rotatable bonds is 5. The van der Waals surface area contributed by atoms with Crippen molar-refractivity contribution in [2.45, 2.75) is 12.5 Å². The average molecular weight is 271 g/mol. The second-order valence-corrected chi connectivity index (χ2v) is 6.02. The van der Waals surface area contributed by atoms with E-state index in [0.717, 1.165) is 29.8 Å². The van der Waals surface area contributed by atoms with Crippen molar-refractivity contribution >= 4 is 29.1 Å². The third kappa shape index (κ3) is 4.09. The van der Waals surface area contributed by atoms with Gasteiger partial charge < -0.3 is 10.2 Å². The minimum atomic E-state index is 0.765. The molecule has 0 bridgehead atoms. The van der Waals surface area contributed by atoms with Crippen molar-refractivity contribution in [1.82, 2.24) is 4.90 Å². The molecule has 1 atom stereocenters. The summed E-state index contributed by atoms with van der Waals surface area (Å²) in [6.07, 6.45) is 1.33. The molecule has 1 fully saturated rings. The Bertz CT molecular complexity index is 353. The first-order valence-corrected chi connectivity index (χ1v) is 7.56. The van der Waals surface area contributed by atoms with Crippen molar-refractivity contribution in [1.29, 1.82) is 0 Å². The van der Waals surface area contributed by atoms with E-state index in [4.69, 9.17) is 11.6 Å². The summed E-state index contributed by atoms with van der Waals surface area (Å²) in [7, 11) is 2.22. The fourth-order valence-corrected chi connectivity index (χ4v) is 3.52. The van der Waals surface area contributed by atoms with E-state index in [9.17, 15) is 0 Å². The van der Waals surface area contributed by atoms with Crippen molar-refractivity contribution in [3.05, 3.63) is 29.3 Å². The van der Waals surface area contributed by atoms with E-state index in [1.807, 2.05) is 18.2 Å². The summed E-state index contributed by atoms with van der Waals surface area (Å²) in [5.74, 6) is 2.60. The van der Waals surface area contributed by atoms with Crippen LogP contribution in [0.4, 0.5) is 5.69 Å². The van der Waals surface area contributed by atoms with Gasteiger partial charge in [-0.3, -0.25) is 0 Å². The van der Waals surface area contributed by atoms with Crippen molar-refractivity contribution in [2.24, 2.45) is 0 Å². The average Bonchev–Trinajstić information content (AvgIpc) is 2.82. The molecule has 1 aromatic carbocycles. The maximum Gasteiger partial charge on any atom is 0.0426 e. The topological polar surface area (TPSA) is 15.3 Å². The maximum atomic E-state index is 5.94. The van der Waals surface area contributed by atoms with E-state index < -0.39 is 0 Å². The Morgan fingerprint density at radius 1 is 1.53 bits per heavy atom. The van der Waals surface area contributed by atoms with Gasteiger partial charge in [0.2, 0.25) is 0 Å². The molecule has 1 N–H and O–H groups in total. The molecule has 0 radical (unpaired) electrons. The molecule has 4 heteroatoms. The van der Waals surface area contributed by atoms with Crippen LogP contribution in [0.3, 0.4) is 0 Å². The van der Waals surface area contributed by atoms with Gasteiger partial charge in [0.1, 0.15) is 0 Å². The lowest BCUT2D eigenvalue weighted by Crippen LogP contribution is -2.35. The zero-order valence-corrected chi connectivity index (χ0v) is 11.7. The van der Waals surface area contributed by atoms with Gasteiger partial charge in [-0.15, -0.1) is 0 Å². The number of anilines is 1. The summed E-state index contributed by atoms with van der Waals surface area (Å²) < 4.78 is 0. The number of hydrogen-bond acceptors (Lipinski definition) is 3. The van der Waals surface area contributed by atoms with Crippen LogP contribution >= 0.6 is 23.4 Å². The molecule has 1 aliphatic heterocycles. The SMILES string of the molecule is CN(CCNc1cccc(Cl)c1)C1CCSC1. The smallest absolute Gasteiger partial charge is 0.0426 e.